The van der Waals surface area contributed by atoms with E-state index in [0.717, 1.165) is 19.5 Å². The summed E-state index contributed by atoms with van der Waals surface area (Å²) in [6, 6.07) is 8.45. The Labute approximate surface area is 115 Å². The first kappa shape index (κ1) is 15.5. The zero-order chi connectivity index (χ0) is 14.5. The lowest BCUT2D eigenvalue weighted by Crippen LogP contribution is -2.49. The minimum atomic E-state index is -0.910. The summed E-state index contributed by atoms with van der Waals surface area (Å²) in [5.41, 5.74) is 12.7. The molecule has 0 aliphatic rings. The third kappa shape index (κ3) is 4.56. The molecule has 0 bridgehead atoms. The fourth-order valence-electron chi connectivity index (χ4n) is 1.99. The Morgan fingerprint density at radius 1 is 1.32 bits per heavy atom. The van der Waals surface area contributed by atoms with Crippen molar-refractivity contribution in [1.82, 2.24) is 0 Å². The highest BCUT2D eigenvalue weighted by Crippen LogP contribution is 2.17. The van der Waals surface area contributed by atoms with Crippen molar-refractivity contribution in [1.29, 1.82) is 0 Å². The van der Waals surface area contributed by atoms with Gasteiger partial charge in [-0.05, 0) is 45.7 Å². The van der Waals surface area contributed by atoms with Crippen molar-refractivity contribution in [2.24, 2.45) is 11.5 Å². The zero-order valence-electron chi connectivity index (χ0n) is 12.1. The lowest BCUT2D eigenvalue weighted by molar-refractivity contribution is -0.122. The van der Waals surface area contributed by atoms with Gasteiger partial charge in [-0.25, -0.2) is 0 Å². The van der Waals surface area contributed by atoms with Crippen LogP contribution >= 0.6 is 0 Å². The van der Waals surface area contributed by atoms with Gasteiger partial charge in [-0.1, -0.05) is 17.7 Å². The van der Waals surface area contributed by atoms with Gasteiger partial charge in [0.15, 0.2) is 0 Å². The molecular weight excluding hydrogens is 238 g/mol. The lowest BCUT2D eigenvalue weighted by Gasteiger charge is -2.26. The summed E-state index contributed by atoms with van der Waals surface area (Å²) >= 11 is 0. The predicted octanol–water partition coefficient (Wildman–Crippen LogP) is 1.80. The highest BCUT2D eigenvalue weighted by Gasteiger charge is 2.24. The number of carbonyl (C=O) groups is 1. The van der Waals surface area contributed by atoms with Crippen molar-refractivity contribution in [2.45, 2.75) is 39.2 Å². The monoisotopic (exact) mass is 263 g/mol. The predicted molar refractivity (Wildman–Crippen MR) is 80.1 cm³/mol. The summed E-state index contributed by atoms with van der Waals surface area (Å²) in [6.45, 7) is 7.69. The average Bonchev–Trinajstić information content (AvgIpc) is 2.36. The van der Waals surface area contributed by atoms with Crippen LogP contribution in [0.3, 0.4) is 0 Å². The van der Waals surface area contributed by atoms with E-state index in [-0.39, 0.29) is 0 Å². The fraction of sp³-hybridized carbons (Fsp3) is 0.533. The zero-order valence-corrected chi connectivity index (χ0v) is 12.1. The van der Waals surface area contributed by atoms with Crippen LogP contribution in [-0.2, 0) is 4.79 Å². The molecule has 0 saturated carbocycles. The van der Waals surface area contributed by atoms with E-state index in [0.29, 0.717) is 6.42 Å². The van der Waals surface area contributed by atoms with E-state index in [1.807, 2.05) is 0 Å². The minimum Gasteiger partial charge on any atom is -0.372 e. The molecule has 4 heteroatoms. The molecule has 19 heavy (non-hydrogen) atoms. The Morgan fingerprint density at radius 3 is 2.37 bits per heavy atom. The highest BCUT2D eigenvalue weighted by molar-refractivity contribution is 5.83. The molecule has 1 amide bonds. The van der Waals surface area contributed by atoms with Gasteiger partial charge in [0.2, 0.25) is 5.91 Å². The van der Waals surface area contributed by atoms with Gasteiger partial charge in [0, 0.05) is 18.8 Å². The average molecular weight is 263 g/mol. The second kappa shape index (κ2) is 6.57. The molecule has 0 fully saturated rings. The first-order valence-corrected chi connectivity index (χ1v) is 6.77. The third-order valence-electron chi connectivity index (χ3n) is 3.47. The second-order valence-electron chi connectivity index (χ2n) is 5.30. The number of nitrogens with two attached hydrogens (primary N) is 2. The number of hydrogen-bond donors (Lipinski definition) is 2. The van der Waals surface area contributed by atoms with Gasteiger partial charge in [-0.2, -0.15) is 0 Å². The standard InChI is InChI=1S/C15H25N3O/c1-4-18(13-8-6-12(2)7-9-13)11-5-10-15(3,17)14(16)19/h6-9H,4-5,10-11,17H2,1-3H3,(H2,16,19). The van der Waals surface area contributed by atoms with E-state index < -0.39 is 11.4 Å². The van der Waals surface area contributed by atoms with Crippen molar-refractivity contribution < 1.29 is 4.79 Å². The molecule has 0 radical (unpaired) electrons. The van der Waals surface area contributed by atoms with Crippen LogP contribution in [0.2, 0.25) is 0 Å². The Bertz CT molecular complexity index is 412. The molecule has 0 aromatic heterocycles. The number of amides is 1. The molecule has 1 aromatic carbocycles. The molecule has 4 N–H and O–H groups in total. The van der Waals surface area contributed by atoms with Gasteiger partial charge in [-0.3, -0.25) is 4.79 Å². The molecule has 0 aliphatic carbocycles. The Kier molecular flexibility index (Phi) is 5.36. The van der Waals surface area contributed by atoms with E-state index in [1.54, 1.807) is 6.92 Å². The number of anilines is 1. The van der Waals surface area contributed by atoms with Crippen molar-refractivity contribution >= 4 is 11.6 Å². The van der Waals surface area contributed by atoms with Crippen LogP contribution in [0.25, 0.3) is 0 Å². The van der Waals surface area contributed by atoms with Gasteiger partial charge in [0.1, 0.15) is 0 Å². The Balaban J connectivity index is 2.54. The van der Waals surface area contributed by atoms with E-state index in [9.17, 15) is 4.79 Å². The topological polar surface area (TPSA) is 72.3 Å². The maximum atomic E-state index is 11.2. The summed E-state index contributed by atoms with van der Waals surface area (Å²) in [6.07, 6.45) is 1.45. The van der Waals surface area contributed by atoms with Gasteiger partial charge in [0.25, 0.3) is 0 Å². The summed E-state index contributed by atoms with van der Waals surface area (Å²) in [7, 11) is 0. The second-order valence-corrected chi connectivity index (χ2v) is 5.30. The SMILES string of the molecule is CCN(CCCC(C)(N)C(N)=O)c1ccc(C)cc1. The van der Waals surface area contributed by atoms with Crippen molar-refractivity contribution in [3.8, 4) is 0 Å². The third-order valence-corrected chi connectivity index (χ3v) is 3.47. The first-order valence-electron chi connectivity index (χ1n) is 6.77. The number of benzene rings is 1. The first-order chi connectivity index (χ1) is 8.86. The van der Waals surface area contributed by atoms with Crippen molar-refractivity contribution in [2.75, 3.05) is 18.0 Å². The van der Waals surface area contributed by atoms with Crippen LogP contribution in [0.5, 0.6) is 0 Å². The van der Waals surface area contributed by atoms with E-state index in [4.69, 9.17) is 11.5 Å². The van der Waals surface area contributed by atoms with E-state index >= 15 is 0 Å². The van der Waals surface area contributed by atoms with Gasteiger partial charge in [0.05, 0.1) is 5.54 Å². The minimum absolute atomic E-state index is 0.439. The molecular formula is C15H25N3O. The molecule has 4 nitrogen and oxygen atoms in total. The van der Waals surface area contributed by atoms with Gasteiger partial charge < -0.3 is 16.4 Å². The van der Waals surface area contributed by atoms with Crippen LogP contribution < -0.4 is 16.4 Å². The number of aryl methyl sites for hydroxylation is 1. The fourth-order valence-corrected chi connectivity index (χ4v) is 1.99. The van der Waals surface area contributed by atoms with Crippen molar-refractivity contribution in [3.05, 3.63) is 29.8 Å². The summed E-state index contributed by atoms with van der Waals surface area (Å²) in [4.78, 5) is 13.4. The summed E-state index contributed by atoms with van der Waals surface area (Å²) in [5, 5.41) is 0. The quantitative estimate of drug-likeness (QED) is 0.788. The molecule has 1 rings (SSSR count). The van der Waals surface area contributed by atoms with Crippen LogP contribution in [-0.4, -0.2) is 24.5 Å². The summed E-state index contributed by atoms with van der Waals surface area (Å²) < 4.78 is 0. The maximum Gasteiger partial charge on any atom is 0.237 e. The lowest BCUT2D eigenvalue weighted by atomic mass is 9.96. The molecule has 0 saturated heterocycles. The van der Waals surface area contributed by atoms with Gasteiger partial charge in [-0.15, -0.1) is 0 Å². The van der Waals surface area contributed by atoms with E-state index in [1.165, 1.54) is 11.3 Å². The highest BCUT2D eigenvalue weighted by atomic mass is 16.1. The largest absolute Gasteiger partial charge is 0.372 e. The van der Waals surface area contributed by atoms with Gasteiger partial charge >= 0.3 is 0 Å². The smallest absolute Gasteiger partial charge is 0.237 e. The molecule has 1 atom stereocenters. The van der Waals surface area contributed by atoms with Crippen LogP contribution in [0, 0.1) is 6.92 Å². The maximum absolute atomic E-state index is 11.2. The molecule has 0 spiro atoms. The number of hydrogen-bond acceptors (Lipinski definition) is 3. The van der Waals surface area contributed by atoms with Crippen molar-refractivity contribution in [3.63, 3.8) is 0 Å². The number of primary amides is 1. The van der Waals surface area contributed by atoms with Crippen LogP contribution in [0.15, 0.2) is 24.3 Å². The number of nitrogens with zero attached hydrogens (tertiary/aromatic N) is 1. The molecule has 1 unspecified atom stereocenters. The molecule has 1 aromatic rings. The van der Waals surface area contributed by atoms with E-state index in [2.05, 4.69) is 43.0 Å². The number of rotatable bonds is 7. The normalized spacial score (nSPS) is 13.9. The number of carbonyl (C=O) groups excluding carboxylic acids is 1. The molecule has 0 aliphatic heterocycles. The molecule has 0 heterocycles. The molecule has 106 valence electrons. The summed E-state index contributed by atoms with van der Waals surface area (Å²) in [5.74, 6) is -0.439. The Morgan fingerprint density at radius 2 is 1.89 bits per heavy atom. The Hall–Kier alpha value is -1.55. The van der Waals surface area contributed by atoms with Crippen LogP contribution in [0.4, 0.5) is 5.69 Å². The van der Waals surface area contributed by atoms with Crippen LogP contribution in [0.1, 0.15) is 32.3 Å².